The van der Waals surface area contributed by atoms with Crippen LogP contribution in [-0.2, 0) is 9.53 Å². The summed E-state index contributed by atoms with van der Waals surface area (Å²) in [6, 6.07) is 7.40. The van der Waals surface area contributed by atoms with Crippen molar-refractivity contribution in [2.75, 3.05) is 7.11 Å². The summed E-state index contributed by atoms with van der Waals surface area (Å²) in [4.78, 5) is 10.1. The lowest BCUT2D eigenvalue weighted by molar-refractivity contribution is -0.133. The van der Waals surface area contributed by atoms with Gasteiger partial charge < -0.3 is 9.47 Å². The van der Waals surface area contributed by atoms with Crippen LogP contribution < -0.4 is 4.74 Å². The maximum Gasteiger partial charge on any atom is 0.293 e. The van der Waals surface area contributed by atoms with Crippen molar-refractivity contribution in [1.82, 2.24) is 0 Å². The van der Waals surface area contributed by atoms with Crippen LogP contribution in [0.1, 0.15) is 18.6 Å². The molecule has 0 saturated heterocycles. The molecule has 0 amide bonds. The third-order valence-electron chi connectivity index (χ3n) is 1.84. The van der Waals surface area contributed by atoms with Crippen molar-refractivity contribution in [3.8, 4) is 5.75 Å². The van der Waals surface area contributed by atoms with Crippen LogP contribution in [0.15, 0.2) is 24.3 Å². The van der Waals surface area contributed by atoms with E-state index in [0.29, 0.717) is 6.47 Å². The fourth-order valence-electron chi connectivity index (χ4n) is 1.04. The highest BCUT2D eigenvalue weighted by Gasteiger charge is 2.04. The van der Waals surface area contributed by atoms with Crippen molar-refractivity contribution in [2.45, 2.75) is 13.0 Å². The molecule has 0 aliphatic heterocycles. The first kappa shape index (κ1) is 9.58. The molecule has 0 fully saturated rings. The molecule has 3 heteroatoms. The summed E-state index contributed by atoms with van der Waals surface area (Å²) >= 11 is 0. The Balaban J connectivity index is 2.73. The monoisotopic (exact) mass is 180 g/mol. The van der Waals surface area contributed by atoms with Crippen molar-refractivity contribution < 1.29 is 14.3 Å². The fourth-order valence-corrected chi connectivity index (χ4v) is 1.04. The standard InChI is InChI=1S/C10H12O3/c1-8(13-7-11)9-3-5-10(12-2)6-4-9/h3-8H,1-2H3. The van der Waals surface area contributed by atoms with Gasteiger partial charge in [0.15, 0.2) is 0 Å². The minimum atomic E-state index is -0.205. The molecule has 0 aromatic heterocycles. The van der Waals surface area contributed by atoms with E-state index in [2.05, 4.69) is 0 Å². The van der Waals surface area contributed by atoms with E-state index >= 15 is 0 Å². The maximum atomic E-state index is 10.1. The summed E-state index contributed by atoms with van der Waals surface area (Å²) in [5.74, 6) is 0.794. The molecule has 1 unspecified atom stereocenters. The molecule has 0 heterocycles. The minimum absolute atomic E-state index is 0.205. The Morgan fingerprint density at radius 3 is 2.38 bits per heavy atom. The molecule has 1 aromatic rings. The van der Waals surface area contributed by atoms with Crippen LogP contribution in [0.5, 0.6) is 5.75 Å². The average Bonchev–Trinajstić information content (AvgIpc) is 2.18. The van der Waals surface area contributed by atoms with Crippen molar-refractivity contribution >= 4 is 6.47 Å². The molecule has 0 N–H and O–H groups in total. The second kappa shape index (κ2) is 4.50. The first-order valence-electron chi connectivity index (χ1n) is 4.01. The highest BCUT2D eigenvalue weighted by molar-refractivity contribution is 5.39. The van der Waals surface area contributed by atoms with Gasteiger partial charge in [-0.2, -0.15) is 0 Å². The molecule has 1 atom stereocenters. The van der Waals surface area contributed by atoms with E-state index in [-0.39, 0.29) is 6.10 Å². The van der Waals surface area contributed by atoms with Gasteiger partial charge in [0, 0.05) is 0 Å². The molecule has 0 saturated carbocycles. The second-order valence-electron chi connectivity index (χ2n) is 2.65. The molecule has 13 heavy (non-hydrogen) atoms. The summed E-state index contributed by atoms with van der Waals surface area (Å²) in [7, 11) is 1.61. The molecule has 0 aliphatic carbocycles. The van der Waals surface area contributed by atoms with Gasteiger partial charge in [-0.1, -0.05) is 12.1 Å². The van der Waals surface area contributed by atoms with Crippen molar-refractivity contribution in [2.24, 2.45) is 0 Å². The Kier molecular flexibility index (Phi) is 3.31. The normalized spacial score (nSPS) is 11.8. The number of rotatable bonds is 4. The van der Waals surface area contributed by atoms with Gasteiger partial charge in [0.05, 0.1) is 7.11 Å². The average molecular weight is 180 g/mol. The lowest BCUT2D eigenvalue weighted by Gasteiger charge is -2.09. The molecular weight excluding hydrogens is 168 g/mol. The van der Waals surface area contributed by atoms with E-state index in [1.807, 2.05) is 31.2 Å². The summed E-state index contributed by atoms with van der Waals surface area (Å²) < 4.78 is 9.78. The predicted octanol–water partition coefficient (Wildman–Crippen LogP) is 1.93. The lowest BCUT2D eigenvalue weighted by Crippen LogP contribution is -1.97. The highest BCUT2D eigenvalue weighted by Crippen LogP contribution is 2.18. The molecule has 0 bridgehead atoms. The van der Waals surface area contributed by atoms with Gasteiger partial charge in [-0.05, 0) is 24.6 Å². The highest BCUT2D eigenvalue weighted by atomic mass is 16.5. The van der Waals surface area contributed by atoms with Gasteiger partial charge in [-0.3, -0.25) is 4.79 Å². The number of benzene rings is 1. The SMILES string of the molecule is COc1ccc(C(C)OC=O)cc1. The van der Waals surface area contributed by atoms with Gasteiger partial charge in [0.25, 0.3) is 6.47 Å². The van der Waals surface area contributed by atoms with Crippen LogP contribution in [0.2, 0.25) is 0 Å². The van der Waals surface area contributed by atoms with Crippen LogP contribution in [0.3, 0.4) is 0 Å². The van der Waals surface area contributed by atoms with Crippen LogP contribution in [0, 0.1) is 0 Å². The first-order valence-corrected chi connectivity index (χ1v) is 4.01. The van der Waals surface area contributed by atoms with Gasteiger partial charge in [0.2, 0.25) is 0 Å². The summed E-state index contributed by atoms with van der Waals surface area (Å²) in [5, 5.41) is 0. The van der Waals surface area contributed by atoms with E-state index in [1.165, 1.54) is 0 Å². The minimum Gasteiger partial charge on any atom is -0.497 e. The Bertz CT molecular complexity index is 266. The van der Waals surface area contributed by atoms with Crippen LogP contribution >= 0.6 is 0 Å². The smallest absolute Gasteiger partial charge is 0.293 e. The Morgan fingerprint density at radius 2 is 1.92 bits per heavy atom. The molecule has 1 aromatic carbocycles. The number of ether oxygens (including phenoxy) is 2. The first-order chi connectivity index (χ1) is 6.27. The van der Waals surface area contributed by atoms with E-state index in [0.717, 1.165) is 11.3 Å². The third kappa shape index (κ3) is 2.47. The zero-order chi connectivity index (χ0) is 9.68. The van der Waals surface area contributed by atoms with Gasteiger partial charge in [-0.15, -0.1) is 0 Å². The maximum absolute atomic E-state index is 10.1. The molecule has 0 aliphatic rings. The molecule has 70 valence electrons. The fraction of sp³-hybridized carbons (Fsp3) is 0.300. The molecule has 0 spiro atoms. The number of carbonyl (C=O) groups excluding carboxylic acids is 1. The second-order valence-corrected chi connectivity index (χ2v) is 2.65. The van der Waals surface area contributed by atoms with Crippen LogP contribution in [0.25, 0.3) is 0 Å². The Hall–Kier alpha value is -1.51. The summed E-state index contributed by atoms with van der Waals surface area (Å²) in [6.45, 7) is 2.27. The van der Waals surface area contributed by atoms with Gasteiger partial charge in [0.1, 0.15) is 11.9 Å². The quantitative estimate of drug-likeness (QED) is 0.664. The van der Waals surface area contributed by atoms with E-state index < -0.39 is 0 Å². The number of carbonyl (C=O) groups is 1. The third-order valence-corrected chi connectivity index (χ3v) is 1.84. The van der Waals surface area contributed by atoms with Crippen molar-refractivity contribution in [1.29, 1.82) is 0 Å². The number of methoxy groups -OCH3 is 1. The molecular formula is C10H12O3. The predicted molar refractivity (Wildman–Crippen MR) is 48.6 cm³/mol. The van der Waals surface area contributed by atoms with Gasteiger partial charge in [-0.25, -0.2) is 0 Å². The van der Waals surface area contributed by atoms with Crippen LogP contribution in [-0.4, -0.2) is 13.6 Å². The molecule has 0 radical (unpaired) electrons. The topological polar surface area (TPSA) is 35.5 Å². The Morgan fingerprint density at radius 1 is 1.31 bits per heavy atom. The summed E-state index contributed by atoms with van der Waals surface area (Å²) in [6.07, 6.45) is -0.205. The Labute approximate surface area is 77.3 Å². The van der Waals surface area contributed by atoms with Crippen LogP contribution in [0.4, 0.5) is 0 Å². The zero-order valence-corrected chi connectivity index (χ0v) is 7.69. The van der Waals surface area contributed by atoms with E-state index in [9.17, 15) is 4.79 Å². The summed E-state index contributed by atoms with van der Waals surface area (Å²) in [5.41, 5.74) is 0.952. The molecule has 1 rings (SSSR count). The lowest BCUT2D eigenvalue weighted by atomic mass is 10.1. The van der Waals surface area contributed by atoms with Crippen molar-refractivity contribution in [3.05, 3.63) is 29.8 Å². The van der Waals surface area contributed by atoms with Gasteiger partial charge >= 0.3 is 0 Å². The van der Waals surface area contributed by atoms with Crippen molar-refractivity contribution in [3.63, 3.8) is 0 Å². The van der Waals surface area contributed by atoms with E-state index in [4.69, 9.17) is 9.47 Å². The number of hydrogen-bond acceptors (Lipinski definition) is 3. The molecule has 3 nitrogen and oxygen atoms in total. The zero-order valence-electron chi connectivity index (χ0n) is 7.69. The largest absolute Gasteiger partial charge is 0.497 e. The van der Waals surface area contributed by atoms with E-state index in [1.54, 1.807) is 7.11 Å². The number of hydrogen-bond donors (Lipinski definition) is 0.